The molecule has 2 fully saturated rings. The number of hydrogen-bond acceptors (Lipinski definition) is 2. The van der Waals surface area contributed by atoms with E-state index in [-0.39, 0.29) is 17.9 Å². The fourth-order valence-electron chi connectivity index (χ4n) is 3.68. The fraction of sp³-hybridized carbons (Fsp3) is 0.300. The molecule has 2 saturated heterocycles. The minimum atomic E-state index is 0.119. The van der Waals surface area contributed by atoms with Crippen molar-refractivity contribution in [2.75, 3.05) is 13.1 Å². The number of nitrogens with one attached hydrogen (secondary N) is 1. The van der Waals surface area contributed by atoms with Crippen LogP contribution in [-0.2, 0) is 16.0 Å². The van der Waals surface area contributed by atoms with Crippen LogP contribution in [0.15, 0.2) is 54.6 Å². The third kappa shape index (κ3) is 2.92. The average molecular weight is 320 g/mol. The van der Waals surface area contributed by atoms with Gasteiger partial charge in [0.15, 0.2) is 0 Å². The van der Waals surface area contributed by atoms with Crippen molar-refractivity contribution in [3.63, 3.8) is 0 Å². The fourth-order valence-corrected chi connectivity index (χ4v) is 3.68. The lowest BCUT2D eigenvalue weighted by molar-refractivity contribution is -0.130. The first-order valence-corrected chi connectivity index (χ1v) is 8.40. The molecule has 2 atom stereocenters. The van der Waals surface area contributed by atoms with Gasteiger partial charge in [0.1, 0.15) is 0 Å². The molecule has 0 saturated carbocycles. The molecule has 0 aliphatic carbocycles. The molecule has 4 nitrogen and oxygen atoms in total. The van der Waals surface area contributed by atoms with Crippen LogP contribution in [0.4, 0.5) is 0 Å². The molecule has 4 rings (SSSR count). The summed E-state index contributed by atoms with van der Waals surface area (Å²) in [6.45, 7) is 1.35. The summed E-state index contributed by atoms with van der Waals surface area (Å²) in [4.78, 5) is 25.7. The standard InChI is InChI=1S/C20H20N2O2/c23-19-11-17-12-22(13-18(17)21-19)20(24)10-14-6-8-16(9-7-14)15-4-2-1-3-5-15/h1-9,17-18H,10-13H2,(H,21,23)/t17-,18+/m0/s1. The number of carbonyl (C=O) groups excluding carboxylic acids is 2. The van der Waals surface area contributed by atoms with Crippen molar-refractivity contribution < 1.29 is 9.59 Å². The number of nitrogens with zero attached hydrogens (tertiary/aromatic N) is 1. The Morgan fingerprint density at radius 2 is 1.71 bits per heavy atom. The van der Waals surface area contributed by atoms with Crippen molar-refractivity contribution in [1.29, 1.82) is 0 Å². The van der Waals surface area contributed by atoms with Gasteiger partial charge in [0.25, 0.3) is 0 Å². The molecule has 0 bridgehead atoms. The minimum absolute atomic E-state index is 0.119. The number of hydrogen-bond donors (Lipinski definition) is 1. The summed E-state index contributed by atoms with van der Waals surface area (Å²) in [5.41, 5.74) is 3.37. The van der Waals surface area contributed by atoms with E-state index in [1.165, 1.54) is 5.56 Å². The van der Waals surface area contributed by atoms with E-state index < -0.39 is 0 Å². The molecule has 0 aromatic heterocycles. The van der Waals surface area contributed by atoms with Gasteiger partial charge in [0.2, 0.25) is 11.8 Å². The number of amides is 2. The normalized spacial score (nSPS) is 22.3. The first-order chi connectivity index (χ1) is 11.7. The Hall–Kier alpha value is -2.62. The van der Waals surface area contributed by atoms with Gasteiger partial charge in [-0.1, -0.05) is 54.6 Å². The van der Waals surface area contributed by atoms with E-state index in [2.05, 4.69) is 29.6 Å². The highest BCUT2D eigenvalue weighted by atomic mass is 16.2. The summed E-state index contributed by atoms with van der Waals surface area (Å²) >= 11 is 0. The molecule has 4 heteroatoms. The monoisotopic (exact) mass is 320 g/mol. The maximum absolute atomic E-state index is 12.5. The smallest absolute Gasteiger partial charge is 0.227 e. The van der Waals surface area contributed by atoms with Gasteiger partial charge in [-0.15, -0.1) is 0 Å². The Balaban J connectivity index is 1.39. The van der Waals surface area contributed by atoms with Crippen LogP contribution in [0.25, 0.3) is 11.1 Å². The number of fused-ring (bicyclic) bond motifs is 1. The van der Waals surface area contributed by atoms with Crippen molar-refractivity contribution in [2.24, 2.45) is 5.92 Å². The van der Waals surface area contributed by atoms with Crippen LogP contribution in [0.2, 0.25) is 0 Å². The Kier molecular flexibility index (Phi) is 3.81. The van der Waals surface area contributed by atoms with Gasteiger partial charge in [0, 0.05) is 25.4 Å². The van der Waals surface area contributed by atoms with Crippen LogP contribution in [0.3, 0.4) is 0 Å². The third-order valence-corrected chi connectivity index (χ3v) is 5.00. The van der Waals surface area contributed by atoms with Gasteiger partial charge in [0.05, 0.1) is 12.5 Å². The zero-order valence-corrected chi connectivity index (χ0v) is 13.4. The molecule has 0 spiro atoms. The number of likely N-dealkylation sites (tertiary alicyclic amines) is 1. The van der Waals surface area contributed by atoms with E-state index in [9.17, 15) is 9.59 Å². The lowest BCUT2D eigenvalue weighted by atomic mass is 10.0. The highest BCUT2D eigenvalue weighted by molar-refractivity contribution is 5.82. The predicted molar refractivity (Wildman–Crippen MR) is 92.2 cm³/mol. The van der Waals surface area contributed by atoms with Gasteiger partial charge in [-0.3, -0.25) is 9.59 Å². The largest absolute Gasteiger partial charge is 0.351 e. The van der Waals surface area contributed by atoms with Gasteiger partial charge in [-0.05, 0) is 16.7 Å². The molecule has 0 radical (unpaired) electrons. The molecule has 2 aliphatic heterocycles. The van der Waals surface area contributed by atoms with Crippen LogP contribution < -0.4 is 5.32 Å². The predicted octanol–water partition coefficient (Wildman–Crippen LogP) is 2.24. The van der Waals surface area contributed by atoms with E-state index >= 15 is 0 Å². The molecule has 2 aromatic carbocycles. The van der Waals surface area contributed by atoms with Crippen LogP contribution in [-0.4, -0.2) is 35.8 Å². The third-order valence-electron chi connectivity index (χ3n) is 5.00. The van der Waals surface area contributed by atoms with E-state index in [0.29, 0.717) is 31.8 Å². The molecular formula is C20H20N2O2. The number of carbonyl (C=O) groups is 2. The van der Waals surface area contributed by atoms with Crippen molar-refractivity contribution in [1.82, 2.24) is 10.2 Å². The average Bonchev–Trinajstić information content (AvgIpc) is 3.14. The Morgan fingerprint density at radius 3 is 2.42 bits per heavy atom. The lowest BCUT2D eigenvalue weighted by Crippen LogP contribution is -2.36. The quantitative estimate of drug-likeness (QED) is 0.943. The first kappa shape index (κ1) is 14.9. The number of rotatable bonds is 3. The van der Waals surface area contributed by atoms with Gasteiger partial charge >= 0.3 is 0 Å². The van der Waals surface area contributed by atoms with E-state index in [1.54, 1.807) is 0 Å². The summed E-state index contributed by atoms with van der Waals surface area (Å²) in [5.74, 6) is 0.557. The zero-order valence-electron chi connectivity index (χ0n) is 13.4. The van der Waals surface area contributed by atoms with Crippen molar-refractivity contribution in [3.05, 3.63) is 60.2 Å². The Bertz CT molecular complexity index is 739. The summed E-state index contributed by atoms with van der Waals surface area (Å²) in [5, 5.41) is 2.96. The maximum atomic E-state index is 12.5. The summed E-state index contributed by atoms with van der Waals surface area (Å²) < 4.78 is 0. The zero-order chi connectivity index (χ0) is 16.5. The van der Waals surface area contributed by atoms with Gasteiger partial charge < -0.3 is 10.2 Å². The molecule has 2 amide bonds. The van der Waals surface area contributed by atoms with Crippen LogP contribution in [0.5, 0.6) is 0 Å². The summed E-state index contributed by atoms with van der Waals surface area (Å²) in [6, 6.07) is 18.6. The molecule has 24 heavy (non-hydrogen) atoms. The molecule has 2 aliphatic rings. The topological polar surface area (TPSA) is 49.4 Å². The summed E-state index contributed by atoms with van der Waals surface area (Å²) in [6.07, 6.45) is 0.975. The molecular weight excluding hydrogens is 300 g/mol. The van der Waals surface area contributed by atoms with Gasteiger partial charge in [-0.2, -0.15) is 0 Å². The molecule has 122 valence electrons. The Morgan fingerprint density at radius 1 is 1.00 bits per heavy atom. The highest BCUT2D eigenvalue weighted by Crippen LogP contribution is 2.26. The van der Waals surface area contributed by atoms with E-state index in [0.717, 1.165) is 11.1 Å². The number of benzene rings is 2. The molecule has 2 heterocycles. The maximum Gasteiger partial charge on any atom is 0.227 e. The first-order valence-electron chi connectivity index (χ1n) is 8.40. The van der Waals surface area contributed by atoms with Gasteiger partial charge in [-0.25, -0.2) is 0 Å². The Labute approximate surface area is 141 Å². The van der Waals surface area contributed by atoms with Crippen LogP contribution in [0.1, 0.15) is 12.0 Å². The second-order valence-electron chi connectivity index (χ2n) is 6.68. The highest BCUT2D eigenvalue weighted by Gasteiger charge is 2.41. The molecule has 1 N–H and O–H groups in total. The minimum Gasteiger partial charge on any atom is -0.351 e. The van der Waals surface area contributed by atoms with E-state index in [4.69, 9.17) is 0 Å². The van der Waals surface area contributed by atoms with Crippen LogP contribution in [0, 0.1) is 5.92 Å². The molecule has 2 aromatic rings. The van der Waals surface area contributed by atoms with Crippen LogP contribution >= 0.6 is 0 Å². The van der Waals surface area contributed by atoms with Crippen molar-refractivity contribution in [3.8, 4) is 11.1 Å². The second kappa shape index (κ2) is 6.11. The van der Waals surface area contributed by atoms with E-state index in [1.807, 2.05) is 35.2 Å². The lowest BCUT2D eigenvalue weighted by Gasteiger charge is -2.17. The second-order valence-corrected chi connectivity index (χ2v) is 6.68. The van der Waals surface area contributed by atoms with Crippen molar-refractivity contribution in [2.45, 2.75) is 18.9 Å². The SMILES string of the molecule is O=C1C[C@H]2CN(C(=O)Cc3ccc(-c4ccccc4)cc3)C[C@H]2N1. The summed E-state index contributed by atoms with van der Waals surface area (Å²) in [7, 11) is 0. The molecule has 0 unspecified atom stereocenters. The van der Waals surface area contributed by atoms with Crippen molar-refractivity contribution >= 4 is 11.8 Å².